The molecule has 0 spiro atoms. The van der Waals surface area contributed by atoms with Crippen LogP contribution in [0.25, 0.3) is 51.5 Å². The first-order valence-corrected chi connectivity index (χ1v) is 10.3. The summed E-state index contributed by atoms with van der Waals surface area (Å²) in [6, 6.07) is 31.1. The summed E-state index contributed by atoms with van der Waals surface area (Å²) in [5, 5.41) is 5.44. The van der Waals surface area contributed by atoms with Crippen molar-refractivity contribution < 1.29 is 0 Å². The first kappa shape index (κ1) is 14.5. The van der Waals surface area contributed by atoms with E-state index >= 15 is 0 Å². The van der Waals surface area contributed by atoms with Crippen molar-refractivity contribution in [1.29, 1.82) is 0 Å². The van der Waals surface area contributed by atoms with Gasteiger partial charge in [-0.1, -0.05) is 54.6 Å². The molecule has 0 saturated heterocycles. The van der Waals surface area contributed by atoms with Gasteiger partial charge in [0.1, 0.15) is 0 Å². The minimum atomic E-state index is 1.29. The van der Waals surface area contributed by atoms with Crippen molar-refractivity contribution >= 4 is 63.0 Å². The Labute approximate surface area is 158 Å². The van der Waals surface area contributed by atoms with Crippen LogP contribution in [-0.2, 0) is 0 Å². The highest BCUT2D eigenvalue weighted by atomic mass is 32.1. The molecule has 2 heteroatoms. The molecule has 0 amide bonds. The Morgan fingerprint density at radius 2 is 0.923 bits per heavy atom. The van der Waals surface area contributed by atoms with Crippen LogP contribution in [-0.4, -0.2) is 0 Å². The average Bonchev–Trinajstić information content (AvgIpc) is 3.25. The Morgan fingerprint density at radius 1 is 0.385 bits per heavy atom. The van der Waals surface area contributed by atoms with Crippen LogP contribution in [0.2, 0.25) is 0 Å². The van der Waals surface area contributed by atoms with E-state index in [4.69, 9.17) is 0 Å². The summed E-state index contributed by atoms with van der Waals surface area (Å²) in [5.74, 6) is 0. The largest absolute Gasteiger partial charge is 0.135 e. The van der Waals surface area contributed by atoms with Crippen LogP contribution in [0.3, 0.4) is 0 Å². The maximum Gasteiger partial charge on any atom is 0.0361 e. The summed E-state index contributed by atoms with van der Waals surface area (Å²) >= 11 is 3.75. The number of thiophene rings is 2. The van der Waals surface area contributed by atoms with Gasteiger partial charge in [0.05, 0.1) is 0 Å². The summed E-state index contributed by atoms with van der Waals surface area (Å²) in [6.45, 7) is 0. The molecule has 2 heterocycles. The third-order valence-electron chi connectivity index (χ3n) is 5.09. The number of fused-ring (bicyclic) bond motifs is 6. The number of rotatable bonds is 1. The van der Waals surface area contributed by atoms with Crippen LogP contribution in [0.15, 0.2) is 84.9 Å². The van der Waals surface area contributed by atoms with Gasteiger partial charge in [0.2, 0.25) is 0 Å². The first-order chi connectivity index (χ1) is 12.9. The van der Waals surface area contributed by atoms with E-state index in [0.29, 0.717) is 0 Å². The number of hydrogen-bond donors (Lipinski definition) is 0. The molecule has 4 aromatic carbocycles. The molecule has 0 saturated carbocycles. The zero-order chi connectivity index (χ0) is 17.1. The van der Waals surface area contributed by atoms with Crippen LogP contribution in [0, 0.1) is 0 Å². The van der Waals surface area contributed by atoms with Crippen LogP contribution in [0.5, 0.6) is 0 Å². The van der Waals surface area contributed by atoms with Gasteiger partial charge in [-0.15, -0.1) is 22.7 Å². The van der Waals surface area contributed by atoms with Crippen molar-refractivity contribution in [3.05, 3.63) is 84.9 Å². The van der Waals surface area contributed by atoms with E-state index in [0.717, 1.165) is 0 Å². The molecule has 26 heavy (non-hydrogen) atoms. The Balaban J connectivity index is 1.59. The normalized spacial score (nSPS) is 11.8. The van der Waals surface area contributed by atoms with E-state index in [1.54, 1.807) is 0 Å². The van der Waals surface area contributed by atoms with Crippen LogP contribution in [0.4, 0.5) is 0 Å². The minimum absolute atomic E-state index is 1.29. The van der Waals surface area contributed by atoms with Crippen molar-refractivity contribution in [3.63, 3.8) is 0 Å². The van der Waals surface area contributed by atoms with Gasteiger partial charge in [0, 0.05) is 40.3 Å². The molecule has 0 unspecified atom stereocenters. The topological polar surface area (TPSA) is 0 Å². The van der Waals surface area contributed by atoms with Gasteiger partial charge in [0.15, 0.2) is 0 Å². The predicted molar refractivity (Wildman–Crippen MR) is 118 cm³/mol. The molecule has 122 valence electrons. The predicted octanol–water partition coefficient (Wildman–Crippen LogP) is 8.09. The summed E-state index contributed by atoms with van der Waals surface area (Å²) in [4.78, 5) is 0. The van der Waals surface area contributed by atoms with Crippen molar-refractivity contribution in [1.82, 2.24) is 0 Å². The minimum Gasteiger partial charge on any atom is -0.135 e. The lowest BCUT2D eigenvalue weighted by atomic mass is 10.0. The fraction of sp³-hybridized carbons (Fsp3) is 0. The number of hydrogen-bond acceptors (Lipinski definition) is 2. The van der Waals surface area contributed by atoms with Gasteiger partial charge in [-0.05, 0) is 41.5 Å². The van der Waals surface area contributed by atoms with Gasteiger partial charge < -0.3 is 0 Å². The monoisotopic (exact) mass is 366 g/mol. The molecule has 0 nitrogen and oxygen atoms in total. The zero-order valence-corrected chi connectivity index (χ0v) is 15.5. The molecule has 0 aliphatic rings. The third kappa shape index (κ3) is 2.06. The Morgan fingerprint density at radius 3 is 1.73 bits per heavy atom. The van der Waals surface area contributed by atoms with Gasteiger partial charge >= 0.3 is 0 Å². The van der Waals surface area contributed by atoms with Gasteiger partial charge in [-0.2, -0.15) is 0 Å². The molecule has 0 aliphatic heterocycles. The first-order valence-electron chi connectivity index (χ1n) is 8.70. The molecular formula is C24H14S2. The Bertz CT molecular complexity index is 1430. The molecule has 6 rings (SSSR count). The maximum atomic E-state index is 2.35. The van der Waals surface area contributed by atoms with Crippen molar-refractivity contribution in [2.45, 2.75) is 0 Å². The second-order valence-electron chi connectivity index (χ2n) is 6.62. The van der Waals surface area contributed by atoms with Crippen LogP contribution >= 0.6 is 22.7 Å². The average molecular weight is 367 g/mol. The second-order valence-corrected chi connectivity index (χ2v) is 8.79. The number of benzene rings is 4. The summed E-state index contributed by atoms with van der Waals surface area (Å²) < 4.78 is 5.44. The summed E-state index contributed by atoms with van der Waals surface area (Å²) in [6.07, 6.45) is 0. The Hall–Kier alpha value is -2.68. The van der Waals surface area contributed by atoms with Crippen molar-refractivity contribution in [3.8, 4) is 11.1 Å². The van der Waals surface area contributed by atoms with Gasteiger partial charge in [-0.25, -0.2) is 0 Å². The summed E-state index contributed by atoms with van der Waals surface area (Å²) in [7, 11) is 0. The Kier molecular flexibility index (Phi) is 3.01. The quantitative estimate of drug-likeness (QED) is 0.276. The van der Waals surface area contributed by atoms with Crippen molar-refractivity contribution in [2.75, 3.05) is 0 Å². The maximum absolute atomic E-state index is 2.35. The van der Waals surface area contributed by atoms with Gasteiger partial charge in [0.25, 0.3) is 0 Å². The highest BCUT2D eigenvalue weighted by molar-refractivity contribution is 7.26. The molecule has 0 bridgehead atoms. The third-order valence-corrected chi connectivity index (χ3v) is 7.37. The molecule has 6 aromatic rings. The molecular weight excluding hydrogens is 352 g/mol. The smallest absolute Gasteiger partial charge is 0.0361 e. The second kappa shape index (κ2) is 5.41. The lowest BCUT2D eigenvalue weighted by molar-refractivity contribution is 1.72. The van der Waals surface area contributed by atoms with Crippen LogP contribution in [0.1, 0.15) is 0 Å². The molecule has 2 aromatic heterocycles. The van der Waals surface area contributed by atoms with E-state index in [-0.39, 0.29) is 0 Å². The van der Waals surface area contributed by atoms with E-state index in [2.05, 4.69) is 84.9 Å². The van der Waals surface area contributed by atoms with Crippen LogP contribution < -0.4 is 0 Å². The fourth-order valence-corrected chi connectivity index (χ4v) is 6.04. The highest BCUT2D eigenvalue weighted by Crippen LogP contribution is 2.39. The van der Waals surface area contributed by atoms with E-state index < -0.39 is 0 Å². The molecule has 0 atom stereocenters. The zero-order valence-electron chi connectivity index (χ0n) is 13.9. The van der Waals surface area contributed by atoms with Gasteiger partial charge in [-0.3, -0.25) is 0 Å². The highest BCUT2D eigenvalue weighted by Gasteiger charge is 2.09. The lowest BCUT2D eigenvalue weighted by Gasteiger charge is -2.03. The fourth-order valence-electron chi connectivity index (χ4n) is 3.81. The summed E-state index contributed by atoms with van der Waals surface area (Å²) in [5.41, 5.74) is 2.58. The molecule has 0 aliphatic carbocycles. The SMILES string of the molecule is c1ccc2c(c1)sc1cc(-c3ccc4sc5ccccc5c4c3)ccc12. The lowest BCUT2D eigenvalue weighted by Crippen LogP contribution is -1.77. The van der Waals surface area contributed by atoms with Crippen molar-refractivity contribution in [2.24, 2.45) is 0 Å². The molecule has 0 fully saturated rings. The van der Waals surface area contributed by atoms with E-state index in [1.807, 2.05) is 22.7 Å². The standard InChI is InChI=1S/C24H14S2/c1-3-7-21-17(5-1)19-11-9-16(14-24(19)26-21)15-10-12-23-20(13-15)18-6-2-4-8-22(18)25-23/h1-14H. The molecule has 0 N–H and O–H groups in total. The molecule has 0 radical (unpaired) electrons. The van der Waals surface area contributed by atoms with E-state index in [1.165, 1.54) is 51.5 Å². The van der Waals surface area contributed by atoms with E-state index in [9.17, 15) is 0 Å².